The van der Waals surface area contributed by atoms with Gasteiger partial charge >= 0.3 is 6.03 Å². The Bertz CT molecular complexity index is 915. The van der Waals surface area contributed by atoms with Crippen molar-refractivity contribution in [2.24, 2.45) is 0 Å². The number of non-ortho nitro benzene ring substituents is 1. The Morgan fingerprint density at radius 2 is 1.88 bits per heavy atom. The van der Waals surface area contributed by atoms with Crippen LogP contribution in [0.25, 0.3) is 0 Å². The first-order valence-corrected chi connectivity index (χ1v) is 9.11. The van der Waals surface area contributed by atoms with E-state index in [2.05, 4.69) is 0 Å². The van der Waals surface area contributed by atoms with E-state index >= 15 is 0 Å². The first-order valence-electron chi connectivity index (χ1n) is 8.06. The fourth-order valence-corrected chi connectivity index (χ4v) is 4.67. The van der Waals surface area contributed by atoms with Crippen LogP contribution >= 0.6 is 11.8 Å². The molecule has 0 bridgehead atoms. The van der Waals surface area contributed by atoms with E-state index in [1.807, 2.05) is 19.1 Å². The number of nitro groups is 1. The zero-order chi connectivity index (χ0) is 18.4. The third kappa shape index (κ3) is 2.53. The largest absolute Gasteiger partial charge is 0.333 e. The Labute approximate surface area is 153 Å². The van der Waals surface area contributed by atoms with Crippen molar-refractivity contribution in [3.8, 4) is 0 Å². The molecule has 2 saturated heterocycles. The van der Waals surface area contributed by atoms with Gasteiger partial charge in [-0.05, 0) is 24.6 Å². The Hall–Kier alpha value is -2.87. The minimum absolute atomic E-state index is 0.0279. The first kappa shape index (κ1) is 16.6. The Morgan fingerprint density at radius 3 is 2.58 bits per heavy atom. The molecule has 0 spiro atoms. The summed E-state index contributed by atoms with van der Waals surface area (Å²) < 4.78 is 0. The smallest absolute Gasteiger partial charge is 0.295 e. The fourth-order valence-electron chi connectivity index (χ4n) is 3.27. The van der Waals surface area contributed by atoms with Crippen molar-refractivity contribution in [2.45, 2.75) is 18.3 Å². The maximum Gasteiger partial charge on any atom is 0.333 e. The molecule has 2 aromatic carbocycles. The summed E-state index contributed by atoms with van der Waals surface area (Å²) in [5.74, 6) is 0.222. The van der Waals surface area contributed by atoms with Crippen molar-refractivity contribution >= 4 is 35.1 Å². The van der Waals surface area contributed by atoms with Gasteiger partial charge in [-0.3, -0.25) is 19.8 Å². The average Bonchev–Trinajstić information content (AvgIpc) is 3.17. The molecule has 0 saturated carbocycles. The fraction of sp³-hybridized carbons (Fsp3) is 0.222. The molecule has 0 aromatic heterocycles. The van der Waals surface area contributed by atoms with Crippen molar-refractivity contribution in [1.29, 1.82) is 0 Å². The molecule has 2 aliphatic rings. The molecule has 0 aliphatic carbocycles. The van der Waals surface area contributed by atoms with E-state index in [-0.39, 0.29) is 17.6 Å². The maximum absolute atomic E-state index is 13.0. The third-order valence-electron chi connectivity index (χ3n) is 4.58. The molecule has 7 nitrogen and oxygen atoms in total. The predicted molar refractivity (Wildman–Crippen MR) is 98.0 cm³/mol. The zero-order valence-corrected chi connectivity index (χ0v) is 14.7. The molecule has 3 amide bonds. The minimum atomic E-state index is -0.543. The number of rotatable bonds is 3. The van der Waals surface area contributed by atoms with Crippen LogP contribution in [0, 0.1) is 17.0 Å². The van der Waals surface area contributed by atoms with Gasteiger partial charge in [0.05, 0.1) is 10.6 Å². The molecule has 2 fully saturated rings. The molecular weight excluding hydrogens is 354 g/mol. The Morgan fingerprint density at radius 1 is 1.15 bits per heavy atom. The van der Waals surface area contributed by atoms with E-state index < -0.39 is 16.3 Å². The lowest BCUT2D eigenvalue weighted by molar-refractivity contribution is -0.384. The highest BCUT2D eigenvalue weighted by Crippen LogP contribution is 2.46. The van der Waals surface area contributed by atoms with Crippen LogP contribution in [0.5, 0.6) is 0 Å². The second-order valence-corrected chi connectivity index (χ2v) is 7.37. The van der Waals surface area contributed by atoms with Gasteiger partial charge in [-0.2, -0.15) is 0 Å². The molecule has 0 N–H and O–H groups in total. The summed E-state index contributed by atoms with van der Waals surface area (Å²) in [6.07, 6.45) is 0. The molecule has 2 atom stereocenters. The van der Waals surface area contributed by atoms with Gasteiger partial charge in [0.1, 0.15) is 11.4 Å². The number of thioether (sulfide) groups is 1. The molecule has 8 heteroatoms. The number of imide groups is 1. The van der Waals surface area contributed by atoms with Crippen molar-refractivity contribution in [1.82, 2.24) is 4.90 Å². The number of urea groups is 1. The van der Waals surface area contributed by atoms with E-state index in [0.29, 0.717) is 17.0 Å². The summed E-state index contributed by atoms with van der Waals surface area (Å²) in [5, 5.41) is 10.6. The van der Waals surface area contributed by atoms with Gasteiger partial charge < -0.3 is 0 Å². The molecule has 2 heterocycles. The molecule has 0 radical (unpaired) electrons. The van der Waals surface area contributed by atoms with Gasteiger partial charge in [0.15, 0.2) is 0 Å². The molecule has 2 aromatic rings. The van der Waals surface area contributed by atoms with Crippen LogP contribution in [0.4, 0.5) is 16.2 Å². The van der Waals surface area contributed by atoms with Crippen LogP contribution in [-0.4, -0.2) is 33.6 Å². The molecule has 2 unspecified atom stereocenters. The quantitative estimate of drug-likeness (QED) is 0.470. The molecule has 4 rings (SSSR count). The highest BCUT2D eigenvalue weighted by Gasteiger charge is 2.53. The van der Waals surface area contributed by atoms with E-state index in [1.165, 1.54) is 33.7 Å². The summed E-state index contributed by atoms with van der Waals surface area (Å²) >= 11 is 1.45. The Balaban J connectivity index is 1.68. The highest BCUT2D eigenvalue weighted by molar-refractivity contribution is 7.99. The maximum atomic E-state index is 13.0. The lowest BCUT2D eigenvalue weighted by Gasteiger charge is -2.23. The SMILES string of the molecule is Cc1ccc(N2C(=O)C3CSC(c4cccc([N+](=O)[O-])c4)N3C2=O)cc1. The number of hydrogen-bond acceptors (Lipinski definition) is 5. The van der Waals surface area contributed by atoms with E-state index in [1.54, 1.807) is 24.3 Å². The van der Waals surface area contributed by atoms with E-state index in [4.69, 9.17) is 0 Å². The number of nitrogens with zero attached hydrogens (tertiary/aromatic N) is 3. The van der Waals surface area contributed by atoms with Gasteiger partial charge in [-0.1, -0.05) is 29.8 Å². The van der Waals surface area contributed by atoms with Crippen LogP contribution < -0.4 is 4.90 Å². The van der Waals surface area contributed by atoms with Crippen molar-refractivity contribution < 1.29 is 14.5 Å². The van der Waals surface area contributed by atoms with Crippen LogP contribution in [-0.2, 0) is 4.79 Å². The number of carbonyl (C=O) groups is 2. The van der Waals surface area contributed by atoms with Crippen molar-refractivity contribution in [2.75, 3.05) is 10.7 Å². The number of fused-ring (bicyclic) bond motifs is 1. The second-order valence-electron chi connectivity index (χ2n) is 6.25. The number of hydrogen-bond donors (Lipinski definition) is 0. The molecule has 132 valence electrons. The van der Waals surface area contributed by atoms with Gasteiger partial charge in [0.25, 0.3) is 11.6 Å². The zero-order valence-electron chi connectivity index (χ0n) is 13.9. The van der Waals surface area contributed by atoms with Gasteiger partial charge in [0.2, 0.25) is 0 Å². The summed E-state index contributed by atoms with van der Waals surface area (Å²) in [6, 6.07) is 12.5. The van der Waals surface area contributed by atoms with Crippen LogP contribution in [0.2, 0.25) is 0 Å². The van der Waals surface area contributed by atoms with Crippen LogP contribution in [0.1, 0.15) is 16.5 Å². The molecule has 26 heavy (non-hydrogen) atoms. The van der Waals surface area contributed by atoms with Gasteiger partial charge in [-0.25, -0.2) is 9.69 Å². The van der Waals surface area contributed by atoms with Crippen LogP contribution in [0.3, 0.4) is 0 Å². The van der Waals surface area contributed by atoms with Gasteiger partial charge in [0, 0.05) is 17.9 Å². The number of amides is 3. The number of benzene rings is 2. The van der Waals surface area contributed by atoms with Crippen LogP contribution in [0.15, 0.2) is 48.5 Å². The lowest BCUT2D eigenvalue weighted by Crippen LogP contribution is -2.33. The van der Waals surface area contributed by atoms with Crippen molar-refractivity contribution in [3.05, 3.63) is 69.8 Å². The van der Waals surface area contributed by atoms with E-state index in [9.17, 15) is 19.7 Å². The number of carbonyl (C=O) groups excluding carboxylic acids is 2. The number of nitro benzene ring substituents is 1. The number of anilines is 1. The summed E-state index contributed by atoms with van der Waals surface area (Å²) in [4.78, 5) is 39.1. The predicted octanol–water partition coefficient (Wildman–Crippen LogP) is 3.49. The second kappa shape index (κ2) is 6.14. The summed E-state index contributed by atoms with van der Waals surface area (Å²) in [5.41, 5.74) is 2.21. The summed E-state index contributed by atoms with van der Waals surface area (Å²) in [6.45, 7) is 1.94. The third-order valence-corrected chi connectivity index (χ3v) is 5.90. The van der Waals surface area contributed by atoms with E-state index in [0.717, 1.165) is 5.56 Å². The summed E-state index contributed by atoms with van der Waals surface area (Å²) in [7, 11) is 0. The monoisotopic (exact) mass is 369 g/mol. The lowest BCUT2D eigenvalue weighted by atomic mass is 10.1. The molecule has 2 aliphatic heterocycles. The van der Waals surface area contributed by atoms with Gasteiger partial charge in [-0.15, -0.1) is 11.8 Å². The van der Waals surface area contributed by atoms with Crippen molar-refractivity contribution in [3.63, 3.8) is 0 Å². The standard InChI is InChI=1S/C18H15N3O4S/c1-11-5-7-13(8-6-11)19-16(22)15-10-26-17(20(15)18(19)23)12-3-2-4-14(9-12)21(24)25/h2-9,15,17H,10H2,1H3. The normalized spacial score (nSPS) is 22.0. The minimum Gasteiger partial charge on any atom is -0.295 e. The topological polar surface area (TPSA) is 83.8 Å². The number of aryl methyl sites for hydroxylation is 1. The Kier molecular flexibility index (Phi) is 3.91. The molecular formula is C18H15N3O4S. The first-order chi connectivity index (χ1) is 12.5. The highest BCUT2D eigenvalue weighted by atomic mass is 32.2. The average molecular weight is 369 g/mol.